The molecule has 9 aromatic rings. The van der Waals surface area contributed by atoms with Crippen LogP contribution in [-0.4, -0.2) is 6.61 Å². The molecule has 1 spiro atoms. The summed E-state index contributed by atoms with van der Waals surface area (Å²) in [5.41, 5.74) is 12.9. The van der Waals surface area contributed by atoms with Gasteiger partial charge < -0.3 is 14.1 Å². The standard InChI is InChI=1S/C53H37NO2/c1-2-13-34-55-50-24-11-9-21-45(50)53(33-12-1)46-32-27-38-17-6-7-18-41(38)51(46)44-31-30-40(35-47(44)53)54(39-28-25-37(26-29-39)36-15-4-3-5-16-36)48-22-14-20-43-42-19-8-10-23-49(42)56-52(43)48/h1-32,35H,33-34H2/b12-1-,13-2-. The summed E-state index contributed by atoms with van der Waals surface area (Å²) in [5, 5.41) is 4.70. The van der Waals surface area contributed by atoms with Crippen molar-refractivity contribution in [2.24, 2.45) is 0 Å². The highest BCUT2D eigenvalue weighted by molar-refractivity contribution is 6.10. The van der Waals surface area contributed by atoms with E-state index in [1.54, 1.807) is 0 Å². The second-order valence-electron chi connectivity index (χ2n) is 14.7. The van der Waals surface area contributed by atoms with Gasteiger partial charge in [-0.1, -0.05) is 152 Å². The Morgan fingerprint density at radius 2 is 1.23 bits per heavy atom. The average Bonchev–Trinajstić information content (AvgIpc) is 3.78. The maximum atomic E-state index is 6.73. The Morgan fingerprint density at radius 1 is 0.500 bits per heavy atom. The highest BCUT2D eigenvalue weighted by Crippen LogP contribution is 2.59. The van der Waals surface area contributed by atoms with Crippen molar-refractivity contribution in [1.29, 1.82) is 0 Å². The second-order valence-corrected chi connectivity index (χ2v) is 14.7. The number of ether oxygens (including phenoxy) is 1. The van der Waals surface area contributed by atoms with E-state index in [2.05, 4.69) is 199 Å². The first-order valence-corrected chi connectivity index (χ1v) is 19.3. The summed E-state index contributed by atoms with van der Waals surface area (Å²) in [6, 6.07) is 63.4. The lowest BCUT2D eigenvalue weighted by molar-refractivity contribution is 0.353. The predicted molar refractivity (Wildman–Crippen MR) is 231 cm³/mol. The minimum atomic E-state index is -0.517. The first kappa shape index (κ1) is 32.3. The number of anilines is 3. The molecule has 0 radical (unpaired) electrons. The molecular weight excluding hydrogens is 683 g/mol. The van der Waals surface area contributed by atoms with Crippen LogP contribution in [0.25, 0.3) is 55.0 Å². The molecule has 0 saturated carbocycles. The Morgan fingerprint density at radius 3 is 2.14 bits per heavy atom. The van der Waals surface area contributed by atoms with Gasteiger partial charge in [-0.2, -0.15) is 0 Å². The van der Waals surface area contributed by atoms with Crippen LogP contribution in [0, 0.1) is 0 Å². The topological polar surface area (TPSA) is 25.6 Å². The molecule has 8 aromatic carbocycles. The normalized spacial score (nSPS) is 16.9. The number of rotatable bonds is 4. The Kier molecular flexibility index (Phi) is 7.53. The summed E-state index contributed by atoms with van der Waals surface area (Å²) in [6.07, 6.45) is 9.44. The quantitative estimate of drug-likeness (QED) is 0.181. The SMILES string of the molecule is C1=C\COc2ccccc2C2(C\C=C/1)c1cc(N(c3ccc(-c4ccccc4)cc3)c3cccc4c3oc3ccccc34)ccc1-c1c2ccc2ccccc12. The minimum Gasteiger partial charge on any atom is -0.489 e. The number of para-hydroxylation sites is 3. The molecule has 1 aromatic heterocycles. The van der Waals surface area contributed by atoms with E-state index in [1.807, 2.05) is 6.07 Å². The molecule has 1 unspecified atom stereocenters. The van der Waals surface area contributed by atoms with Gasteiger partial charge in [0.25, 0.3) is 0 Å². The van der Waals surface area contributed by atoms with Crippen molar-refractivity contribution in [3.05, 3.63) is 217 Å². The summed E-state index contributed by atoms with van der Waals surface area (Å²) in [4.78, 5) is 2.37. The van der Waals surface area contributed by atoms with E-state index in [1.165, 1.54) is 49.7 Å². The molecule has 2 heterocycles. The van der Waals surface area contributed by atoms with Crippen LogP contribution in [0.2, 0.25) is 0 Å². The van der Waals surface area contributed by atoms with E-state index in [9.17, 15) is 0 Å². The molecule has 266 valence electrons. The zero-order chi connectivity index (χ0) is 37.1. The largest absolute Gasteiger partial charge is 0.489 e. The molecule has 1 aliphatic heterocycles. The molecule has 0 N–H and O–H groups in total. The molecule has 0 saturated heterocycles. The fraction of sp³-hybridized carbons (Fsp3) is 0.0566. The summed E-state index contributed by atoms with van der Waals surface area (Å²) in [5.74, 6) is 0.908. The van der Waals surface area contributed by atoms with Gasteiger partial charge in [0.1, 0.15) is 17.9 Å². The van der Waals surface area contributed by atoms with Gasteiger partial charge in [-0.3, -0.25) is 0 Å². The van der Waals surface area contributed by atoms with Crippen LogP contribution in [0.4, 0.5) is 17.1 Å². The fourth-order valence-corrected chi connectivity index (χ4v) is 9.23. The van der Waals surface area contributed by atoms with E-state index >= 15 is 0 Å². The molecule has 0 bridgehead atoms. The Hall–Kier alpha value is -7.10. The molecule has 3 nitrogen and oxygen atoms in total. The van der Waals surface area contributed by atoms with Crippen molar-refractivity contribution in [1.82, 2.24) is 0 Å². The summed E-state index contributed by atoms with van der Waals surface area (Å²) >= 11 is 0. The monoisotopic (exact) mass is 719 g/mol. The van der Waals surface area contributed by atoms with Crippen molar-refractivity contribution in [3.63, 3.8) is 0 Å². The van der Waals surface area contributed by atoms with Crippen molar-refractivity contribution in [3.8, 4) is 28.0 Å². The third-order valence-corrected chi connectivity index (χ3v) is 11.7. The van der Waals surface area contributed by atoms with Crippen LogP contribution in [0.5, 0.6) is 5.75 Å². The molecule has 3 heteroatoms. The maximum Gasteiger partial charge on any atom is 0.159 e. The van der Waals surface area contributed by atoms with E-state index < -0.39 is 5.41 Å². The van der Waals surface area contributed by atoms with Gasteiger partial charge in [0.05, 0.1) is 11.1 Å². The highest BCUT2D eigenvalue weighted by atomic mass is 16.5. The van der Waals surface area contributed by atoms with Gasteiger partial charge in [0.15, 0.2) is 5.58 Å². The van der Waals surface area contributed by atoms with Crippen molar-refractivity contribution >= 4 is 49.8 Å². The second kappa shape index (κ2) is 13.0. The number of allylic oxidation sites excluding steroid dienone is 3. The summed E-state index contributed by atoms with van der Waals surface area (Å²) < 4.78 is 13.3. The molecular formula is C53H37NO2. The molecule has 0 fully saturated rings. The maximum absolute atomic E-state index is 6.73. The number of hydrogen-bond acceptors (Lipinski definition) is 3. The Bertz CT molecular complexity index is 3010. The first-order chi connectivity index (χ1) is 27.8. The Labute approximate surface area is 326 Å². The predicted octanol–water partition coefficient (Wildman–Crippen LogP) is 14.1. The Balaban J connectivity index is 1.20. The van der Waals surface area contributed by atoms with Gasteiger partial charge in [-0.15, -0.1) is 0 Å². The van der Waals surface area contributed by atoms with Crippen LogP contribution in [0.1, 0.15) is 23.1 Å². The first-order valence-electron chi connectivity index (χ1n) is 19.3. The van der Waals surface area contributed by atoms with E-state index in [0.717, 1.165) is 51.2 Å². The smallest absolute Gasteiger partial charge is 0.159 e. The van der Waals surface area contributed by atoms with Crippen molar-refractivity contribution in [2.75, 3.05) is 11.5 Å². The van der Waals surface area contributed by atoms with Crippen LogP contribution >= 0.6 is 0 Å². The summed E-state index contributed by atoms with van der Waals surface area (Å²) in [7, 11) is 0. The van der Waals surface area contributed by atoms with E-state index in [0.29, 0.717) is 6.61 Å². The number of nitrogens with zero attached hydrogens (tertiary/aromatic N) is 1. The lowest BCUT2D eigenvalue weighted by Crippen LogP contribution is -2.27. The number of fused-ring (bicyclic) bond motifs is 12. The number of hydrogen-bond donors (Lipinski definition) is 0. The van der Waals surface area contributed by atoms with Gasteiger partial charge in [-0.05, 0) is 99.1 Å². The minimum absolute atomic E-state index is 0.503. The van der Waals surface area contributed by atoms with Crippen LogP contribution in [-0.2, 0) is 5.41 Å². The zero-order valence-corrected chi connectivity index (χ0v) is 30.7. The molecule has 56 heavy (non-hydrogen) atoms. The lowest BCUT2D eigenvalue weighted by atomic mass is 9.69. The van der Waals surface area contributed by atoms with E-state index in [4.69, 9.17) is 9.15 Å². The van der Waals surface area contributed by atoms with Crippen molar-refractivity contribution in [2.45, 2.75) is 11.8 Å². The third kappa shape index (κ3) is 4.98. The fourth-order valence-electron chi connectivity index (χ4n) is 9.23. The zero-order valence-electron chi connectivity index (χ0n) is 30.7. The van der Waals surface area contributed by atoms with Crippen molar-refractivity contribution < 1.29 is 9.15 Å². The number of furan rings is 1. The van der Waals surface area contributed by atoms with E-state index in [-0.39, 0.29) is 0 Å². The molecule has 1 aliphatic carbocycles. The average molecular weight is 720 g/mol. The van der Waals surface area contributed by atoms with Gasteiger partial charge in [0, 0.05) is 27.7 Å². The number of benzene rings is 8. The van der Waals surface area contributed by atoms with Gasteiger partial charge in [-0.25, -0.2) is 0 Å². The summed E-state index contributed by atoms with van der Waals surface area (Å²) in [6.45, 7) is 0.503. The lowest BCUT2D eigenvalue weighted by Gasteiger charge is -2.35. The van der Waals surface area contributed by atoms with Crippen LogP contribution in [0.3, 0.4) is 0 Å². The highest BCUT2D eigenvalue weighted by Gasteiger charge is 2.46. The molecule has 1 atom stereocenters. The van der Waals surface area contributed by atoms with Gasteiger partial charge in [0.2, 0.25) is 0 Å². The molecule has 11 rings (SSSR count). The molecule has 2 aliphatic rings. The third-order valence-electron chi connectivity index (χ3n) is 11.7. The van der Waals surface area contributed by atoms with Crippen LogP contribution in [0.15, 0.2) is 205 Å². The van der Waals surface area contributed by atoms with Gasteiger partial charge >= 0.3 is 0 Å². The molecule has 0 amide bonds. The van der Waals surface area contributed by atoms with Crippen LogP contribution < -0.4 is 9.64 Å².